The summed E-state index contributed by atoms with van der Waals surface area (Å²) in [4.78, 5) is 26.2. The van der Waals surface area contributed by atoms with Crippen LogP contribution >= 0.6 is 0 Å². The van der Waals surface area contributed by atoms with Crippen LogP contribution in [0.4, 0.5) is 0 Å². The van der Waals surface area contributed by atoms with Crippen molar-refractivity contribution >= 4 is 22.3 Å². The third kappa shape index (κ3) is 2.91. The fourth-order valence-electron chi connectivity index (χ4n) is 2.96. The van der Waals surface area contributed by atoms with Crippen LogP contribution in [0.15, 0.2) is 35.1 Å². The van der Waals surface area contributed by atoms with Crippen LogP contribution in [-0.4, -0.2) is 54.7 Å². The van der Waals surface area contributed by atoms with Gasteiger partial charge in [-0.15, -0.1) is 10.2 Å². The lowest BCUT2D eigenvalue weighted by Gasteiger charge is -2.25. The van der Waals surface area contributed by atoms with Gasteiger partial charge in [0.05, 0.1) is 17.5 Å². The minimum Gasteiger partial charge on any atom is -0.338 e. The maximum Gasteiger partial charge on any atom is 0.272 e. The number of carbonyl (C=O) groups excluding carboxylic acids is 1. The molecule has 25 heavy (non-hydrogen) atoms. The standard InChI is InChI=1S/C16H15N7O2/c24-14(23-7-5-10(6-8-23)15-18-21-22-19-15)9-13-11-3-1-2-4-12(11)16(25)20-17-13/h1-5H,6-9H2,(H,20,25)(H,18,19,21,22). The summed E-state index contributed by atoms with van der Waals surface area (Å²) in [6.45, 7) is 1.07. The Morgan fingerprint density at radius 3 is 2.76 bits per heavy atom. The van der Waals surface area contributed by atoms with Crippen LogP contribution in [0.25, 0.3) is 16.3 Å². The van der Waals surface area contributed by atoms with E-state index in [0.29, 0.717) is 41.8 Å². The van der Waals surface area contributed by atoms with Crippen LogP contribution < -0.4 is 5.56 Å². The van der Waals surface area contributed by atoms with Crippen LogP contribution in [0.5, 0.6) is 0 Å². The van der Waals surface area contributed by atoms with Crippen molar-refractivity contribution in [1.82, 2.24) is 35.7 Å². The van der Waals surface area contributed by atoms with Gasteiger partial charge in [-0.25, -0.2) is 5.10 Å². The normalized spacial score (nSPS) is 14.6. The van der Waals surface area contributed by atoms with Gasteiger partial charge in [-0.1, -0.05) is 24.3 Å². The highest BCUT2D eigenvalue weighted by Crippen LogP contribution is 2.19. The fourth-order valence-corrected chi connectivity index (χ4v) is 2.96. The van der Waals surface area contributed by atoms with Gasteiger partial charge in [0.25, 0.3) is 5.56 Å². The van der Waals surface area contributed by atoms with Crippen molar-refractivity contribution in [2.24, 2.45) is 0 Å². The van der Waals surface area contributed by atoms with Crippen molar-refractivity contribution < 1.29 is 4.79 Å². The molecule has 1 amide bonds. The Bertz CT molecular complexity index is 1010. The highest BCUT2D eigenvalue weighted by Gasteiger charge is 2.21. The van der Waals surface area contributed by atoms with Crippen molar-refractivity contribution in [1.29, 1.82) is 0 Å². The molecule has 0 unspecified atom stereocenters. The number of fused-ring (bicyclic) bond motifs is 1. The molecule has 9 nitrogen and oxygen atoms in total. The smallest absolute Gasteiger partial charge is 0.272 e. The molecule has 2 aromatic heterocycles. The van der Waals surface area contributed by atoms with E-state index in [1.165, 1.54) is 0 Å². The lowest BCUT2D eigenvalue weighted by molar-refractivity contribution is -0.130. The number of hydrogen-bond acceptors (Lipinski definition) is 6. The largest absolute Gasteiger partial charge is 0.338 e. The molecule has 0 fully saturated rings. The molecule has 2 N–H and O–H groups in total. The molecular formula is C16H15N7O2. The Morgan fingerprint density at radius 2 is 2.04 bits per heavy atom. The predicted molar refractivity (Wildman–Crippen MR) is 89.4 cm³/mol. The SMILES string of the molecule is O=C(Cc1n[nH]c(=O)c2ccccc12)N1CC=C(c2nn[nH]n2)CC1. The first-order valence-electron chi connectivity index (χ1n) is 7.89. The fraction of sp³-hybridized carbons (Fsp3) is 0.250. The van der Waals surface area contributed by atoms with Crippen molar-refractivity contribution in [3.8, 4) is 0 Å². The molecule has 0 saturated heterocycles. The van der Waals surface area contributed by atoms with Gasteiger partial charge in [0.2, 0.25) is 5.91 Å². The highest BCUT2D eigenvalue weighted by atomic mass is 16.2. The number of amides is 1. The van der Waals surface area contributed by atoms with Gasteiger partial charge < -0.3 is 4.90 Å². The topological polar surface area (TPSA) is 121 Å². The van der Waals surface area contributed by atoms with Crippen molar-refractivity contribution in [3.05, 3.63) is 52.2 Å². The molecule has 1 aromatic carbocycles. The summed E-state index contributed by atoms with van der Waals surface area (Å²) < 4.78 is 0. The number of nitrogens with zero attached hydrogens (tertiary/aromatic N) is 5. The maximum absolute atomic E-state index is 12.6. The Balaban J connectivity index is 1.52. The molecule has 1 aliphatic rings. The van der Waals surface area contributed by atoms with Crippen LogP contribution in [-0.2, 0) is 11.2 Å². The third-order valence-corrected chi connectivity index (χ3v) is 4.29. The van der Waals surface area contributed by atoms with Gasteiger partial charge in [-0.05, 0) is 17.7 Å². The van der Waals surface area contributed by atoms with E-state index in [0.717, 1.165) is 5.57 Å². The van der Waals surface area contributed by atoms with Crippen molar-refractivity contribution in [2.75, 3.05) is 13.1 Å². The molecule has 3 aromatic rings. The molecule has 0 bridgehead atoms. The first-order valence-corrected chi connectivity index (χ1v) is 7.89. The van der Waals surface area contributed by atoms with E-state index >= 15 is 0 Å². The quantitative estimate of drug-likeness (QED) is 0.709. The van der Waals surface area contributed by atoms with E-state index in [4.69, 9.17) is 0 Å². The summed E-state index contributed by atoms with van der Waals surface area (Å²) in [5, 5.41) is 21.7. The monoisotopic (exact) mass is 337 g/mol. The number of tetrazole rings is 1. The second-order valence-electron chi connectivity index (χ2n) is 5.78. The van der Waals surface area contributed by atoms with Gasteiger partial charge in [-0.3, -0.25) is 9.59 Å². The predicted octanol–water partition coefficient (Wildman–Crippen LogP) is 0.295. The van der Waals surface area contributed by atoms with Crippen LogP contribution in [0.1, 0.15) is 17.9 Å². The molecule has 4 rings (SSSR count). The molecule has 3 heterocycles. The first kappa shape index (κ1) is 15.2. The minimum atomic E-state index is -0.252. The molecule has 0 spiro atoms. The third-order valence-electron chi connectivity index (χ3n) is 4.29. The molecule has 0 atom stereocenters. The Hall–Kier alpha value is -3.36. The lowest BCUT2D eigenvalue weighted by Crippen LogP contribution is -2.36. The van der Waals surface area contributed by atoms with Crippen molar-refractivity contribution in [3.63, 3.8) is 0 Å². The van der Waals surface area contributed by atoms with Gasteiger partial charge in [0.15, 0.2) is 5.82 Å². The minimum absolute atomic E-state index is 0.0342. The van der Waals surface area contributed by atoms with E-state index in [1.807, 2.05) is 18.2 Å². The summed E-state index contributed by atoms with van der Waals surface area (Å²) in [6, 6.07) is 7.16. The zero-order valence-corrected chi connectivity index (χ0v) is 13.3. The molecule has 9 heteroatoms. The van der Waals surface area contributed by atoms with Gasteiger partial charge in [-0.2, -0.15) is 10.3 Å². The van der Waals surface area contributed by atoms with Gasteiger partial charge in [0, 0.05) is 24.0 Å². The number of benzene rings is 1. The Morgan fingerprint density at radius 1 is 1.20 bits per heavy atom. The van der Waals surface area contributed by atoms with Gasteiger partial charge in [0.1, 0.15) is 0 Å². The van der Waals surface area contributed by atoms with E-state index in [1.54, 1.807) is 17.0 Å². The average Bonchev–Trinajstić information content (AvgIpc) is 3.19. The summed E-state index contributed by atoms with van der Waals surface area (Å²) in [7, 11) is 0. The first-order chi connectivity index (χ1) is 12.2. The number of H-pyrrole nitrogens is 2. The summed E-state index contributed by atoms with van der Waals surface area (Å²) in [5.41, 5.74) is 1.30. The van der Waals surface area contributed by atoms with Crippen LogP contribution in [0.2, 0.25) is 0 Å². The summed E-state index contributed by atoms with van der Waals surface area (Å²) in [6.07, 6.45) is 2.75. The molecule has 0 aliphatic carbocycles. The van der Waals surface area contributed by atoms with Crippen LogP contribution in [0.3, 0.4) is 0 Å². The molecule has 126 valence electrons. The lowest BCUT2D eigenvalue weighted by atomic mass is 10.1. The van der Waals surface area contributed by atoms with Gasteiger partial charge >= 0.3 is 0 Å². The van der Waals surface area contributed by atoms with E-state index in [-0.39, 0.29) is 17.9 Å². The molecule has 0 saturated carbocycles. The van der Waals surface area contributed by atoms with Crippen molar-refractivity contribution in [2.45, 2.75) is 12.8 Å². The number of aromatic nitrogens is 6. The van der Waals surface area contributed by atoms with E-state index < -0.39 is 0 Å². The average molecular weight is 337 g/mol. The zero-order chi connectivity index (χ0) is 17.2. The number of rotatable bonds is 3. The Kier molecular flexibility index (Phi) is 3.81. The summed E-state index contributed by atoms with van der Waals surface area (Å²) >= 11 is 0. The maximum atomic E-state index is 12.6. The Labute approximate surface area is 141 Å². The number of carbonyl (C=O) groups is 1. The number of hydrogen-bond donors (Lipinski definition) is 2. The number of nitrogens with one attached hydrogen (secondary N) is 2. The van der Waals surface area contributed by atoms with E-state index in [9.17, 15) is 9.59 Å². The second-order valence-corrected chi connectivity index (χ2v) is 5.78. The second kappa shape index (κ2) is 6.27. The highest BCUT2D eigenvalue weighted by molar-refractivity contribution is 5.88. The number of aromatic amines is 2. The molecule has 1 aliphatic heterocycles. The summed E-state index contributed by atoms with van der Waals surface area (Å²) in [5.74, 6) is 0.536. The molecular weight excluding hydrogens is 322 g/mol. The van der Waals surface area contributed by atoms with Crippen LogP contribution in [0, 0.1) is 0 Å². The zero-order valence-electron chi connectivity index (χ0n) is 13.3. The molecule has 0 radical (unpaired) electrons. The van der Waals surface area contributed by atoms with E-state index in [2.05, 4.69) is 30.8 Å².